The van der Waals surface area contributed by atoms with Crippen LogP contribution < -0.4 is 4.57 Å². The summed E-state index contributed by atoms with van der Waals surface area (Å²) < 4.78 is 18.0. The molecule has 2 heterocycles. The zero-order chi connectivity index (χ0) is 14.2. The Kier molecular flexibility index (Phi) is 6.42. The molecule has 5 nitrogen and oxygen atoms in total. The molecule has 2 unspecified atom stereocenters. The van der Waals surface area contributed by atoms with E-state index >= 15 is 0 Å². The molecule has 1 saturated heterocycles. The van der Waals surface area contributed by atoms with E-state index in [0.717, 1.165) is 25.8 Å². The molecule has 0 bridgehead atoms. The second kappa shape index (κ2) is 8.34. The van der Waals surface area contributed by atoms with Gasteiger partial charge in [0, 0.05) is 12.8 Å². The average Bonchev–Trinajstić information content (AvgIpc) is 3.07. The molecule has 0 aromatic carbocycles. The number of hydrogen-bond acceptors (Lipinski definition) is 5. The van der Waals surface area contributed by atoms with Gasteiger partial charge in [-0.2, -0.15) is 4.57 Å². The van der Waals surface area contributed by atoms with Crippen LogP contribution in [-0.2, 0) is 25.5 Å². The molecular weight excluding hydrogens is 278 g/mol. The van der Waals surface area contributed by atoms with Gasteiger partial charge in [-0.25, -0.2) is 0 Å². The number of carbonyl (C=O) groups is 1. The smallest absolute Gasteiger partial charge is 0.305 e. The normalized spacial score (nSPS) is 22.1. The highest BCUT2D eigenvalue weighted by Gasteiger charge is 2.23. The molecular formula is C14H22NO4S+. The maximum Gasteiger partial charge on any atom is 0.305 e. The van der Waals surface area contributed by atoms with Crippen LogP contribution in [0.1, 0.15) is 32.6 Å². The van der Waals surface area contributed by atoms with Crippen molar-refractivity contribution in [2.75, 3.05) is 13.2 Å². The van der Waals surface area contributed by atoms with Gasteiger partial charge in [0.05, 0.1) is 12.0 Å². The first-order valence-corrected chi connectivity index (χ1v) is 8.02. The first kappa shape index (κ1) is 15.4. The van der Waals surface area contributed by atoms with Crippen LogP contribution in [0.25, 0.3) is 0 Å². The second-order valence-corrected chi connectivity index (χ2v) is 5.67. The number of carbonyl (C=O) groups excluding carboxylic acids is 1. The van der Waals surface area contributed by atoms with E-state index < -0.39 is 0 Å². The summed E-state index contributed by atoms with van der Waals surface area (Å²) in [4.78, 5) is 11.6. The summed E-state index contributed by atoms with van der Waals surface area (Å²) in [5.41, 5.74) is 2.10. The van der Waals surface area contributed by atoms with Crippen molar-refractivity contribution >= 4 is 17.3 Å². The molecule has 1 aromatic heterocycles. The van der Waals surface area contributed by atoms with Gasteiger partial charge in [0.2, 0.25) is 5.51 Å². The third-order valence-corrected chi connectivity index (χ3v) is 3.83. The number of esters is 1. The summed E-state index contributed by atoms with van der Waals surface area (Å²) in [6.07, 6.45) is 5.27. The van der Waals surface area contributed by atoms with E-state index in [-0.39, 0.29) is 18.4 Å². The Morgan fingerprint density at radius 1 is 1.45 bits per heavy atom. The maximum absolute atomic E-state index is 11.6. The molecule has 2 atom stereocenters. The Balaban J connectivity index is 1.46. The molecule has 0 N–H and O–H groups in total. The zero-order valence-corrected chi connectivity index (χ0v) is 12.6. The zero-order valence-electron chi connectivity index (χ0n) is 11.8. The minimum atomic E-state index is -0.187. The third-order valence-electron chi connectivity index (χ3n) is 3.16. The Hall–Kier alpha value is -0.980. The second-order valence-electron chi connectivity index (χ2n) is 4.92. The molecule has 20 heavy (non-hydrogen) atoms. The van der Waals surface area contributed by atoms with Crippen molar-refractivity contribution in [3.63, 3.8) is 0 Å². The van der Waals surface area contributed by atoms with Gasteiger partial charge in [-0.05, 0) is 19.8 Å². The monoisotopic (exact) mass is 300 g/mol. The number of ether oxygens (including phenoxy) is 3. The lowest BCUT2D eigenvalue weighted by molar-refractivity contribution is -0.692. The number of unbranched alkanes of at least 4 members (excludes halogenated alkanes) is 2. The van der Waals surface area contributed by atoms with E-state index in [2.05, 4.69) is 21.7 Å². The van der Waals surface area contributed by atoms with Crippen LogP contribution in [0.2, 0.25) is 0 Å². The minimum Gasteiger partial charge on any atom is -0.463 e. The lowest BCUT2D eigenvalue weighted by Crippen LogP contribution is -2.29. The number of hydrogen-bond donors (Lipinski definition) is 0. The molecule has 1 fully saturated rings. The molecule has 2 rings (SSSR count). The van der Waals surface area contributed by atoms with Crippen LogP contribution in [0.5, 0.6) is 0 Å². The molecule has 1 aliphatic heterocycles. The molecule has 0 radical (unpaired) electrons. The van der Waals surface area contributed by atoms with Crippen LogP contribution in [0.15, 0.2) is 17.1 Å². The summed E-state index contributed by atoms with van der Waals surface area (Å²) in [6.45, 7) is 3.66. The predicted octanol–water partition coefficient (Wildman–Crippen LogP) is 1.90. The molecule has 0 spiro atoms. The largest absolute Gasteiger partial charge is 0.463 e. The van der Waals surface area contributed by atoms with Gasteiger partial charge in [-0.1, -0.05) is 11.3 Å². The SMILES string of the molecule is CC1OCC(COC(=O)CCCCC[n+]2ccsc2)O1. The number of rotatable bonds is 8. The van der Waals surface area contributed by atoms with Crippen LogP contribution in [0.3, 0.4) is 0 Å². The summed E-state index contributed by atoms with van der Waals surface area (Å²) >= 11 is 1.69. The fourth-order valence-electron chi connectivity index (χ4n) is 2.07. The third kappa shape index (κ3) is 5.56. The summed E-state index contributed by atoms with van der Waals surface area (Å²) in [6, 6.07) is 0. The van der Waals surface area contributed by atoms with E-state index in [0.29, 0.717) is 19.6 Å². The summed E-state index contributed by atoms with van der Waals surface area (Å²) in [7, 11) is 0. The van der Waals surface area contributed by atoms with Crippen molar-refractivity contribution in [3.8, 4) is 0 Å². The average molecular weight is 300 g/mol. The Morgan fingerprint density at radius 2 is 2.35 bits per heavy atom. The van der Waals surface area contributed by atoms with Crippen molar-refractivity contribution in [2.24, 2.45) is 0 Å². The molecule has 1 aliphatic rings. The highest BCUT2D eigenvalue weighted by molar-refractivity contribution is 7.07. The van der Waals surface area contributed by atoms with E-state index in [1.165, 1.54) is 0 Å². The van der Waals surface area contributed by atoms with E-state index in [9.17, 15) is 4.79 Å². The molecule has 112 valence electrons. The van der Waals surface area contributed by atoms with Crippen LogP contribution >= 0.6 is 11.3 Å². The van der Waals surface area contributed by atoms with Gasteiger partial charge in [0.15, 0.2) is 12.5 Å². The van der Waals surface area contributed by atoms with Crippen molar-refractivity contribution < 1.29 is 23.6 Å². The first-order valence-electron chi connectivity index (χ1n) is 7.08. The number of aromatic nitrogens is 1. The van der Waals surface area contributed by atoms with Gasteiger partial charge in [0.25, 0.3) is 0 Å². The van der Waals surface area contributed by atoms with E-state index in [4.69, 9.17) is 14.2 Å². The number of aryl methyl sites for hydroxylation is 1. The lowest BCUT2D eigenvalue weighted by Gasteiger charge is -2.09. The van der Waals surface area contributed by atoms with Gasteiger partial charge < -0.3 is 14.2 Å². The van der Waals surface area contributed by atoms with Crippen molar-refractivity contribution in [1.82, 2.24) is 0 Å². The fourth-order valence-corrected chi connectivity index (χ4v) is 2.70. The predicted molar refractivity (Wildman–Crippen MR) is 74.2 cm³/mol. The standard InChI is InChI=1S/C14H22NO4S/c1-12-17-9-13(19-12)10-18-14(16)5-3-2-4-6-15-7-8-20-11-15/h7-8,11-13H,2-6,9-10H2,1H3/q+1. The fraction of sp³-hybridized carbons (Fsp3) is 0.714. The van der Waals surface area contributed by atoms with Gasteiger partial charge in [0.1, 0.15) is 19.3 Å². The van der Waals surface area contributed by atoms with Crippen LogP contribution in [0.4, 0.5) is 0 Å². The molecule has 0 saturated carbocycles. The van der Waals surface area contributed by atoms with Crippen molar-refractivity contribution in [2.45, 2.75) is 51.5 Å². The summed E-state index contributed by atoms with van der Waals surface area (Å²) in [5, 5.41) is 2.06. The van der Waals surface area contributed by atoms with Crippen LogP contribution in [0, 0.1) is 0 Å². The van der Waals surface area contributed by atoms with Crippen molar-refractivity contribution in [1.29, 1.82) is 0 Å². The summed E-state index contributed by atoms with van der Waals surface area (Å²) in [5.74, 6) is -0.142. The number of thiazole rings is 1. The maximum atomic E-state index is 11.6. The number of nitrogens with zero attached hydrogens (tertiary/aromatic N) is 1. The lowest BCUT2D eigenvalue weighted by atomic mass is 10.2. The Morgan fingerprint density at radius 3 is 3.05 bits per heavy atom. The Bertz CT molecular complexity index is 396. The first-order chi connectivity index (χ1) is 9.74. The highest BCUT2D eigenvalue weighted by atomic mass is 32.1. The van der Waals surface area contributed by atoms with Gasteiger partial charge in [-0.3, -0.25) is 4.79 Å². The topological polar surface area (TPSA) is 48.6 Å². The quantitative estimate of drug-likeness (QED) is 0.418. The van der Waals surface area contributed by atoms with E-state index in [1.54, 1.807) is 11.3 Å². The van der Waals surface area contributed by atoms with Crippen LogP contribution in [-0.4, -0.2) is 31.6 Å². The Labute approximate surface area is 123 Å². The van der Waals surface area contributed by atoms with Crippen molar-refractivity contribution in [3.05, 3.63) is 17.1 Å². The molecule has 1 aromatic rings. The van der Waals surface area contributed by atoms with E-state index in [1.807, 2.05) is 6.92 Å². The molecule has 6 heteroatoms. The molecule has 0 amide bonds. The van der Waals surface area contributed by atoms with Gasteiger partial charge in [-0.15, -0.1) is 0 Å². The van der Waals surface area contributed by atoms with Gasteiger partial charge >= 0.3 is 5.97 Å². The minimum absolute atomic E-state index is 0.107. The highest BCUT2D eigenvalue weighted by Crippen LogP contribution is 2.11. The molecule has 0 aliphatic carbocycles.